The quantitative estimate of drug-likeness (QED) is 0.232. The highest BCUT2D eigenvalue weighted by Gasteiger charge is 2.35. The largest absolute Gasteiger partial charge is 0.493 e. The molecule has 1 unspecified atom stereocenters. The summed E-state index contributed by atoms with van der Waals surface area (Å²) in [5, 5.41) is 8.05. The van der Waals surface area contributed by atoms with E-state index >= 15 is 0 Å². The number of nitrogens with zero attached hydrogens (tertiary/aromatic N) is 5. The molecule has 0 spiro atoms. The first-order chi connectivity index (χ1) is 19.2. The van der Waals surface area contributed by atoms with Gasteiger partial charge in [0.15, 0.2) is 23.2 Å². The van der Waals surface area contributed by atoms with E-state index in [1.54, 1.807) is 0 Å². The Bertz CT molecular complexity index is 1630. The number of fused-ring (bicyclic) bond motifs is 1. The van der Waals surface area contributed by atoms with Crippen molar-refractivity contribution >= 4 is 0 Å². The molecular weight excluding hydrogens is 537 g/mol. The summed E-state index contributed by atoms with van der Waals surface area (Å²) in [6, 6.07) is 8.82. The van der Waals surface area contributed by atoms with Crippen molar-refractivity contribution in [1.29, 1.82) is 0 Å². The Morgan fingerprint density at radius 1 is 1.00 bits per heavy atom. The molecule has 3 aliphatic rings. The molecule has 0 N–H and O–H groups in total. The van der Waals surface area contributed by atoms with Crippen LogP contribution in [0.3, 0.4) is 0 Å². The van der Waals surface area contributed by atoms with Crippen molar-refractivity contribution in [2.24, 2.45) is 5.92 Å². The number of benzene rings is 2. The first kappa shape index (κ1) is 25.9. The van der Waals surface area contributed by atoms with Gasteiger partial charge in [0.1, 0.15) is 29.4 Å². The van der Waals surface area contributed by atoms with Gasteiger partial charge in [0, 0.05) is 24.2 Å². The van der Waals surface area contributed by atoms with Crippen LogP contribution in [0.5, 0.6) is 5.75 Å². The molecule has 1 aromatic heterocycles. The third kappa shape index (κ3) is 5.24. The fraction of sp³-hybridized carbons (Fsp3) is 0.259. The van der Waals surface area contributed by atoms with E-state index in [0.29, 0.717) is 24.6 Å². The van der Waals surface area contributed by atoms with Crippen LogP contribution in [0.15, 0.2) is 59.4 Å². The monoisotopic (exact) mass is 557 g/mol. The van der Waals surface area contributed by atoms with Crippen LogP contribution in [-0.4, -0.2) is 44.7 Å². The maximum Gasteiger partial charge on any atom is 0.417 e. The number of hydrogen-bond acceptors (Lipinski definition) is 7. The second-order valence-electron chi connectivity index (χ2n) is 9.31. The van der Waals surface area contributed by atoms with Gasteiger partial charge in [0.2, 0.25) is 0 Å². The van der Waals surface area contributed by atoms with Gasteiger partial charge in [-0.1, -0.05) is 11.2 Å². The molecule has 13 heteroatoms. The molecule has 2 aromatic carbocycles. The number of alkyl halides is 3. The first-order valence-electron chi connectivity index (χ1n) is 12.3. The standard InChI is InChI=1S/C27H20F5N5O3/c28-21-3-1-2-19(25(21)29)26-34-23-10-33-37(12-24(23)35-26)11-17-9-22(36-40-17)18-5-4-16(8-20(18)27(30,31)32)39-14-15-6-7-38-13-15/h1-5,8-10,12,15H,6-7,11,13-14H2. The molecule has 1 atom stereocenters. The zero-order valence-corrected chi connectivity index (χ0v) is 20.7. The van der Waals surface area contributed by atoms with Crippen LogP contribution in [0.25, 0.3) is 34.0 Å². The molecule has 0 bridgehead atoms. The van der Waals surface area contributed by atoms with Gasteiger partial charge in [-0.25, -0.2) is 18.7 Å². The zero-order valence-electron chi connectivity index (χ0n) is 20.7. The maximum absolute atomic E-state index is 14.2. The molecule has 0 aliphatic carbocycles. The molecule has 1 saturated heterocycles. The summed E-state index contributed by atoms with van der Waals surface area (Å²) in [6.45, 7) is 1.43. The molecule has 4 heterocycles. The topological polar surface area (TPSA) is 88.1 Å². The number of halogens is 5. The van der Waals surface area contributed by atoms with Gasteiger partial charge in [0.25, 0.3) is 0 Å². The lowest BCUT2D eigenvalue weighted by atomic mass is 10.0. The minimum absolute atomic E-state index is 0.00261. The smallest absolute Gasteiger partial charge is 0.417 e. The van der Waals surface area contributed by atoms with Crippen LogP contribution < -0.4 is 4.74 Å². The average Bonchev–Trinajstić information content (AvgIpc) is 3.70. The second kappa shape index (κ2) is 10.3. The van der Waals surface area contributed by atoms with Crippen molar-refractivity contribution in [3.05, 3.63) is 77.8 Å². The molecule has 40 heavy (non-hydrogen) atoms. The van der Waals surface area contributed by atoms with Crippen molar-refractivity contribution in [3.8, 4) is 39.8 Å². The molecule has 0 saturated carbocycles. The van der Waals surface area contributed by atoms with Crippen LogP contribution in [0.2, 0.25) is 0 Å². The van der Waals surface area contributed by atoms with E-state index in [0.717, 1.165) is 18.6 Å². The van der Waals surface area contributed by atoms with E-state index in [1.165, 1.54) is 47.4 Å². The third-order valence-corrected chi connectivity index (χ3v) is 6.47. The Morgan fingerprint density at radius 3 is 2.65 bits per heavy atom. The number of rotatable bonds is 7. The number of ether oxygens (including phenoxy) is 2. The molecule has 3 aromatic rings. The van der Waals surface area contributed by atoms with Crippen molar-refractivity contribution < 1.29 is 35.9 Å². The van der Waals surface area contributed by atoms with Gasteiger partial charge in [-0.3, -0.25) is 4.68 Å². The Balaban J connectivity index is 1.22. The predicted molar refractivity (Wildman–Crippen MR) is 130 cm³/mol. The highest BCUT2D eigenvalue weighted by atomic mass is 19.4. The lowest BCUT2D eigenvalue weighted by Gasteiger charge is -2.15. The highest BCUT2D eigenvalue weighted by molar-refractivity contribution is 5.66. The number of aromatic nitrogens is 5. The van der Waals surface area contributed by atoms with Gasteiger partial charge in [-0.05, 0) is 36.8 Å². The lowest BCUT2D eigenvalue weighted by Crippen LogP contribution is -2.13. The average molecular weight is 557 g/mol. The molecule has 1 fully saturated rings. The van der Waals surface area contributed by atoms with E-state index in [9.17, 15) is 22.0 Å². The molecule has 0 amide bonds. The van der Waals surface area contributed by atoms with Gasteiger partial charge in [-0.15, -0.1) is 0 Å². The first-order valence-corrected chi connectivity index (χ1v) is 12.3. The predicted octanol–water partition coefficient (Wildman–Crippen LogP) is 5.86. The number of hydrogen-bond donors (Lipinski definition) is 0. The summed E-state index contributed by atoms with van der Waals surface area (Å²) in [4.78, 5) is 8.46. The summed E-state index contributed by atoms with van der Waals surface area (Å²) < 4.78 is 87.2. The van der Waals surface area contributed by atoms with E-state index in [4.69, 9.17) is 14.0 Å². The van der Waals surface area contributed by atoms with Crippen LogP contribution in [0.1, 0.15) is 17.7 Å². The summed E-state index contributed by atoms with van der Waals surface area (Å²) >= 11 is 0. The molecular formula is C27H20F5N5O3. The van der Waals surface area contributed by atoms with Crippen LogP contribution in [0.4, 0.5) is 22.0 Å². The highest BCUT2D eigenvalue weighted by Crippen LogP contribution is 2.39. The molecule has 8 nitrogen and oxygen atoms in total. The third-order valence-electron chi connectivity index (χ3n) is 6.47. The van der Waals surface area contributed by atoms with Gasteiger partial charge in [0.05, 0.1) is 36.7 Å². The van der Waals surface area contributed by atoms with Crippen molar-refractivity contribution in [2.75, 3.05) is 19.8 Å². The molecule has 0 radical (unpaired) electrons. The lowest BCUT2D eigenvalue weighted by molar-refractivity contribution is -0.137. The summed E-state index contributed by atoms with van der Waals surface area (Å²) in [5.74, 6) is -1.60. The van der Waals surface area contributed by atoms with E-state index in [-0.39, 0.29) is 53.2 Å². The van der Waals surface area contributed by atoms with E-state index in [1.807, 2.05) is 0 Å². The van der Waals surface area contributed by atoms with Crippen molar-refractivity contribution in [3.63, 3.8) is 0 Å². The normalized spacial score (nSPS) is 15.7. The zero-order chi connectivity index (χ0) is 27.9. The summed E-state index contributed by atoms with van der Waals surface area (Å²) in [6.07, 6.45) is -0.954. The van der Waals surface area contributed by atoms with Crippen LogP contribution >= 0.6 is 0 Å². The Labute approximate surface area is 223 Å². The molecule has 206 valence electrons. The fourth-order valence-electron chi connectivity index (χ4n) is 4.42. The van der Waals surface area contributed by atoms with Crippen molar-refractivity contribution in [1.82, 2.24) is 24.9 Å². The SMILES string of the molecule is Fc1cccc(-c2nc3cnn(Cc4cc(-c5ccc(OCC6CCOC6)cc5C(F)(F)F)no4)cc-3n2)c1F. The summed E-state index contributed by atoms with van der Waals surface area (Å²) in [5.41, 5.74) is -0.443. The Morgan fingerprint density at radius 2 is 1.85 bits per heavy atom. The summed E-state index contributed by atoms with van der Waals surface area (Å²) in [7, 11) is 0. The maximum atomic E-state index is 14.2. The molecule has 6 rings (SSSR count). The van der Waals surface area contributed by atoms with Gasteiger partial charge < -0.3 is 14.0 Å². The number of imidazole rings is 1. The van der Waals surface area contributed by atoms with Gasteiger partial charge >= 0.3 is 6.18 Å². The Kier molecular flexibility index (Phi) is 6.66. The van der Waals surface area contributed by atoms with Crippen LogP contribution in [0, 0.1) is 17.6 Å². The van der Waals surface area contributed by atoms with Crippen molar-refractivity contribution in [2.45, 2.75) is 19.1 Å². The van der Waals surface area contributed by atoms with E-state index in [2.05, 4.69) is 20.2 Å². The van der Waals surface area contributed by atoms with Crippen LogP contribution in [-0.2, 0) is 17.5 Å². The Hall–Kier alpha value is -4.39. The van der Waals surface area contributed by atoms with Gasteiger partial charge in [-0.2, -0.15) is 18.3 Å². The minimum atomic E-state index is -4.65. The second-order valence-corrected chi connectivity index (χ2v) is 9.31. The fourth-order valence-corrected chi connectivity index (χ4v) is 4.42. The van der Waals surface area contributed by atoms with E-state index < -0.39 is 23.4 Å². The minimum Gasteiger partial charge on any atom is -0.493 e. The molecule has 3 aliphatic heterocycles.